The SMILES string of the molecule is O=C(O)C(=Cc1cc(F)c(F)c(F)c1)c1cccs1. The van der Waals surface area contributed by atoms with Crippen LogP contribution < -0.4 is 0 Å². The molecular weight excluding hydrogens is 277 g/mol. The fraction of sp³-hybridized carbons (Fsp3) is 0. The molecule has 0 saturated carbocycles. The minimum Gasteiger partial charge on any atom is -0.478 e. The molecule has 0 saturated heterocycles. The molecule has 0 radical (unpaired) electrons. The molecule has 0 fully saturated rings. The van der Waals surface area contributed by atoms with Gasteiger partial charge in [-0.2, -0.15) is 0 Å². The Morgan fingerprint density at radius 1 is 1.21 bits per heavy atom. The number of hydrogen-bond acceptors (Lipinski definition) is 2. The number of hydrogen-bond donors (Lipinski definition) is 1. The predicted octanol–water partition coefficient (Wildman–Crippen LogP) is 3.79. The van der Waals surface area contributed by atoms with Crippen molar-refractivity contribution < 1.29 is 23.1 Å². The van der Waals surface area contributed by atoms with Crippen molar-refractivity contribution in [2.24, 2.45) is 0 Å². The van der Waals surface area contributed by atoms with Crippen molar-refractivity contribution in [1.29, 1.82) is 0 Å². The Morgan fingerprint density at radius 2 is 1.84 bits per heavy atom. The van der Waals surface area contributed by atoms with E-state index in [2.05, 4.69) is 0 Å². The average molecular weight is 284 g/mol. The summed E-state index contributed by atoms with van der Waals surface area (Å²) in [7, 11) is 0. The van der Waals surface area contributed by atoms with Gasteiger partial charge in [-0.15, -0.1) is 11.3 Å². The number of thiophene rings is 1. The molecule has 2 rings (SSSR count). The lowest BCUT2D eigenvalue weighted by atomic mass is 10.1. The standard InChI is InChI=1S/C13H7F3O2S/c14-9-5-7(6-10(15)12(9)16)4-8(13(17)18)11-2-1-3-19-11/h1-6H,(H,17,18). The van der Waals surface area contributed by atoms with Crippen molar-refractivity contribution in [3.63, 3.8) is 0 Å². The Bertz CT molecular complexity index is 625. The Morgan fingerprint density at radius 3 is 2.32 bits per heavy atom. The van der Waals surface area contributed by atoms with Gasteiger partial charge in [0, 0.05) is 4.88 Å². The Labute approximate surface area is 110 Å². The lowest BCUT2D eigenvalue weighted by molar-refractivity contribution is -0.130. The van der Waals surface area contributed by atoms with Crippen molar-refractivity contribution in [3.05, 3.63) is 57.5 Å². The topological polar surface area (TPSA) is 37.3 Å². The Kier molecular flexibility index (Phi) is 3.71. The molecule has 0 atom stereocenters. The molecule has 0 spiro atoms. The Hall–Kier alpha value is -2.08. The number of carbonyl (C=O) groups is 1. The van der Waals surface area contributed by atoms with E-state index in [9.17, 15) is 18.0 Å². The van der Waals surface area contributed by atoms with Gasteiger partial charge < -0.3 is 5.11 Å². The van der Waals surface area contributed by atoms with E-state index >= 15 is 0 Å². The largest absolute Gasteiger partial charge is 0.478 e. The smallest absolute Gasteiger partial charge is 0.337 e. The monoisotopic (exact) mass is 284 g/mol. The maximum absolute atomic E-state index is 13.0. The highest BCUT2D eigenvalue weighted by molar-refractivity contribution is 7.11. The van der Waals surface area contributed by atoms with Gasteiger partial charge in [-0.3, -0.25) is 0 Å². The summed E-state index contributed by atoms with van der Waals surface area (Å²) in [6.45, 7) is 0. The molecule has 0 aliphatic carbocycles. The van der Waals surface area contributed by atoms with E-state index in [1.54, 1.807) is 17.5 Å². The second-order valence-corrected chi connectivity index (χ2v) is 4.59. The highest BCUT2D eigenvalue weighted by Crippen LogP contribution is 2.24. The molecule has 6 heteroatoms. The van der Waals surface area contributed by atoms with Gasteiger partial charge in [0.15, 0.2) is 17.5 Å². The molecule has 0 bridgehead atoms. The summed E-state index contributed by atoms with van der Waals surface area (Å²) in [6.07, 6.45) is 1.10. The van der Waals surface area contributed by atoms with Crippen LogP contribution in [0.3, 0.4) is 0 Å². The van der Waals surface area contributed by atoms with Crippen LogP contribution in [0.4, 0.5) is 13.2 Å². The number of aliphatic carboxylic acids is 1. The lowest BCUT2D eigenvalue weighted by Crippen LogP contribution is -1.98. The van der Waals surface area contributed by atoms with E-state index in [-0.39, 0.29) is 11.1 Å². The van der Waals surface area contributed by atoms with Crippen molar-refractivity contribution in [2.75, 3.05) is 0 Å². The van der Waals surface area contributed by atoms with E-state index in [0.717, 1.165) is 18.2 Å². The molecule has 0 aliphatic heterocycles. The quantitative estimate of drug-likeness (QED) is 0.687. The zero-order chi connectivity index (χ0) is 14.0. The average Bonchev–Trinajstić information content (AvgIpc) is 2.86. The minimum atomic E-state index is -1.58. The first-order chi connectivity index (χ1) is 8.99. The van der Waals surface area contributed by atoms with E-state index in [0.29, 0.717) is 4.88 Å². The van der Waals surface area contributed by atoms with Gasteiger partial charge in [-0.05, 0) is 35.2 Å². The number of rotatable bonds is 3. The number of benzene rings is 1. The van der Waals surface area contributed by atoms with Gasteiger partial charge in [-0.25, -0.2) is 18.0 Å². The number of carboxylic acids is 1. The molecule has 1 aromatic carbocycles. The van der Waals surface area contributed by atoms with Crippen LogP contribution in [0.2, 0.25) is 0 Å². The predicted molar refractivity (Wildman–Crippen MR) is 66.1 cm³/mol. The normalized spacial score (nSPS) is 11.6. The third-order valence-corrected chi connectivity index (χ3v) is 3.24. The zero-order valence-corrected chi connectivity index (χ0v) is 10.2. The van der Waals surface area contributed by atoms with Crippen molar-refractivity contribution in [1.82, 2.24) is 0 Å². The molecule has 0 amide bonds. The third-order valence-electron chi connectivity index (χ3n) is 2.33. The van der Waals surface area contributed by atoms with Crippen molar-refractivity contribution >= 4 is 29.0 Å². The van der Waals surface area contributed by atoms with Crippen LogP contribution in [-0.4, -0.2) is 11.1 Å². The second-order valence-electron chi connectivity index (χ2n) is 3.64. The fourth-order valence-corrected chi connectivity index (χ4v) is 2.23. The van der Waals surface area contributed by atoms with Gasteiger partial charge in [0.25, 0.3) is 0 Å². The Balaban J connectivity index is 2.51. The summed E-state index contributed by atoms with van der Waals surface area (Å²) in [5.74, 6) is -5.53. The van der Waals surface area contributed by atoms with Crippen molar-refractivity contribution in [3.8, 4) is 0 Å². The van der Waals surface area contributed by atoms with Gasteiger partial charge in [0.05, 0.1) is 5.57 Å². The van der Waals surface area contributed by atoms with Crippen LogP contribution in [0.5, 0.6) is 0 Å². The van der Waals surface area contributed by atoms with Crippen molar-refractivity contribution in [2.45, 2.75) is 0 Å². The first-order valence-corrected chi connectivity index (χ1v) is 6.00. The maximum atomic E-state index is 13.0. The molecule has 2 aromatic rings. The molecule has 2 nitrogen and oxygen atoms in total. The summed E-state index contributed by atoms with van der Waals surface area (Å²) in [6, 6.07) is 4.72. The molecular formula is C13H7F3O2S. The first kappa shape index (κ1) is 13.4. The van der Waals surface area contributed by atoms with Crippen LogP contribution in [-0.2, 0) is 4.79 Å². The number of halogens is 3. The summed E-state index contributed by atoms with van der Waals surface area (Å²) >= 11 is 1.18. The fourth-order valence-electron chi connectivity index (χ4n) is 1.50. The lowest BCUT2D eigenvalue weighted by Gasteiger charge is -2.01. The second kappa shape index (κ2) is 5.27. The maximum Gasteiger partial charge on any atom is 0.337 e. The van der Waals surface area contributed by atoms with Crippen LogP contribution in [0.25, 0.3) is 11.6 Å². The summed E-state index contributed by atoms with van der Waals surface area (Å²) < 4.78 is 38.9. The van der Waals surface area contributed by atoms with Gasteiger partial charge in [0.2, 0.25) is 0 Å². The molecule has 1 aromatic heterocycles. The zero-order valence-electron chi connectivity index (χ0n) is 9.36. The highest BCUT2D eigenvalue weighted by atomic mass is 32.1. The number of carboxylic acid groups (broad SMARTS) is 1. The third kappa shape index (κ3) is 2.85. The molecule has 1 heterocycles. The van der Waals surface area contributed by atoms with E-state index in [1.807, 2.05) is 0 Å². The molecule has 1 N–H and O–H groups in total. The molecule has 0 unspecified atom stereocenters. The van der Waals surface area contributed by atoms with Gasteiger partial charge >= 0.3 is 5.97 Å². The molecule has 19 heavy (non-hydrogen) atoms. The minimum absolute atomic E-state index is 0.0535. The highest BCUT2D eigenvalue weighted by Gasteiger charge is 2.14. The van der Waals surface area contributed by atoms with Crippen LogP contribution in [0.1, 0.15) is 10.4 Å². The first-order valence-electron chi connectivity index (χ1n) is 5.12. The van der Waals surface area contributed by atoms with E-state index < -0.39 is 23.4 Å². The van der Waals surface area contributed by atoms with Crippen LogP contribution in [0, 0.1) is 17.5 Å². The van der Waals surface area contributed by atoms with Crippen LogP contribution in [0.15, 0.2) is 29.6 Å². The van der Waals surface area contributed by atoms with Crippen LogP contribution >= 0.6 is 11.3 Å². The van der Waals surface area contributed by atoms with E-state index in [1.165, 1.54) is 11.3 Å². The van der Waals surface area contributed by atoms with E-state index in [4.69, 9.17) is 5.11 Å². The summed E-state index contributed by atoms with van der Waals surface area (Å²) in [5.41, 5.74) is -0.164. The van der Waals surface area contributed by atoms with Gasteiger partial charge in [0.1, 0.15) is 0 Å². The summed E-state index contributed by atoms with van der Waals surface area (Å²) in [4.78, 5) is 11.6. The molecule has 98 valence electrons. The molecule has 0 aliphatic rings. The van der Waals surface area contributed by atoms with Gasteiger partial charge in [-0.1, -0.05) is 6.07 Å². The summed E-state index contributed by atoms with van der Waals surface area (Å²) in [5, 5.41) is 10.8.